The average molecular weight is 392 g/mol. The van der Waals surface area contributed by atoms with E-state index in [0.717, 1.165) is 16.2 Å². The summed E-state index contributed by atoms with van der Waals surface area (Å²) < 4.78 is 42.7. The van der Waals surface area contributed by atoms with Crippen molar-refractivity contribution >= 4 is 35.1 Å². The van der Waals surface area contributed by atoms with Crippen LogP contribution in [0.5, 0.6) is 0 Å². The van der Waals surface area contributed by atoms with Gasteiger partial charge in [0.15, 0.2) is 0 Å². The molecule has 0 saturated carbocycles. The second-order valence-corrected chi connectivity index (χ2v) is 7.23. The van der Waals surface area contributed by atoms with Gasteiger partial charge in [0.1, 0.15) is 10.5 Å². The summed E-state index contributed by atoms with van der Waals surface area (Å²) in [5.41, 5.74) is 3.76. The van der Waals surface area contributed by atoms with Gasteiger partial charge in [-0.05, 0) is 18.4 Å². The first-order valence-electron chi connectivity index (χ1n) is 7.44. The molecule has 0 saturated heterocycles. The second kappa shape index (κ2) is 7.90. The van der Waals surface area contributed by atoms with Crippen LogP contribution in [0.1, 0.15) is 42.2 Å². The van der Waals surface area contributed by atoms with Crippen LogP contribution in [0.4, 0.5) is 18.9 Å². The van der Waals surface area contributed by atoms with E-state index in [1.807, 2.05) is 20.8 Å². The van der Waals surface area contributed by atoms with E-state index in [1.165, 1.54) is 13.0 Å². The van der Waals surface area contributed by atoms with Crippen molar-refractivity contribution < 1.29 is 32.6 Å². The standard InChI is InChI=1S/C16H19F3N2O4S/c1-5-25-14(24)8(12(22)16(17,18)19)7-21-9-6-10(15(2,3)4)26-11(9)13(20)23/h6-7,22H,5H2,1-4H3,(H2,20,23)/b12-8-,21-7?. The van der Waals surface area contributed by atoms with E-state index < -0.39 is 29.4 Å². The molecule has 26 heavy (non-hydrogen) atoms. The quantitative estimate of drug-likeness (QED) is 0.344. The highest BCUT2D eigenvalue weighted by Gasteiger charge is 2.38. The maximum Gasteiger partial charge on any atom is 0.449 e. The summed E-state index contributed by atoms with van der Waals surface area (Å²) >= 11 is 1.05. The van der Waals surface area contributed by atoms with Gasteiger partial charge < -0.3 is 15.6 Å². The summed E-state index contributed by atoms with van der Waals surface area (Å²) in [4.78, 5) is 27.8. The molecule has 0 aromatic carbocycles. The van der Waals surface area contributed by atoms with Crippen LogP contribution in [0.2, 0.25) is 0 Å². The molecule has 0 atom stereocenters. The number of allylic oxidation sites excluding steroid dienone is 1. The van der Waals surface area contributed by atoms with Gasteiger partial charge in [-0.15, -0.1) is 11.3 Å². The van der Waals surface area contributed by atoms with E-state index in [4.69, 9.17) is 5.73 Å². The zero-order valence-corrected chi connectivity index (χ0v) is 15.4. The molecule has 0 spiro atoms. The molecule has 1 aromatic rings. The number of hydrogen-bond acceptors (Lipinski definition) is 6. The number of alkyl halides is 3. The number of halogens is 3. The number of nitrogens with zero attached hydrogens (tertiary/aromatic N) is 1. The number of aliphatic hydroxyl groups excluding tert-OH is 1. The molecule has 6 nitrogen and oxygen atoms in total. The molecule has 1 aromatic heterocycles. The molecule has 0 aliphatic carbocycles. The van der Waals surface area contributed by atoms with Crippen molar-refractivity contribution in [3.05, 3.63) is 27.2 Å². The number of rotatable bonds is 5. The molecule has 0 fully saturated rings. The number of ether oxygens (including phenoxy) is 1. The lowest BCUT2D eigenvalue weighted by atomic mass is 9.94. The first-order chi connectivity index (χ1) is 11.8. The Morgan fingerprint density at radius 3 is 2.35 bits per heavy atom. The minimum atomic E-state index is -5.16. The van der Waals surface area contributed by atoms with Crippen molar-refractivity contribution in [1.82, 2.24) is 0 Å². The zero-order valence-electron chi connectivity index (χ0n) is 14.6. The van der Waals surface area contributed by atoms with Gasteiger partial charge in [0.25, 0.3) is 5.91 Å². The molecule has 1 rings (SSSR count). The van der Waals surface area contributed by atoms with Gasteiger partial charge in [-0.1, -0.05) is 20.8 Å². The van der Waals surface area contributed by atoms with Gasteiger partial charge in [-0.25, -0.2) is 4.79 Å². The lowest BCUT2D eigenvalue weighted by Gasteiger charge is -2.14. The Morgan fingerprint density at radius 2 is 1.92 bits per heavy atom. The van der Waals surface area contributed by atoms with E-state index in [9.17, 15) is 27.9 Å². The predicted molar refractivity (Wildman–Crippen MR) is 92.0 cm³/mol. The van der Waals surface area contributed by atoms with Gasteiger partial charge >= 0.3 is 12.1 Å². The van der Waals surface area contributed by atoms with Crippen molar-refractivity contribution in [3.8, 4) is 0 Å². The monoisotopic (exact) mass is 392 g/mol. The highest BCUT2D eigenvalue weighted by atomic mass is 32.1. The minimum absolute atomic E-state index is 0.00389. The van der Waals surface area contributed by atoms with Crippen molar-refractivity contribution in [1.29, 1.82) is 0 Å². The Balaban J connectivity index is 3.45. The van der Waals surface area contributed by atoms with Crippen molar-refractivity contribution in [2.45, 2.75) is 39.3 Å². The number of esters is 1. The van der Waals surface area contributed by atoms with E-state index >= 15 is 0 Å². The number of carbonyl (C=O) groups excluding carboxylic acids is 2. The van der Waals surface area contributed by atoms with Gasteiger partial charge in [0.05, 0.1) is 12.3 Å². The van der Waals surface area contributed by atoms with E-state index in [2.05, 4.69) is 9.73 Å². The molecular weight excluding hydrogens is 373 g/mol. The van der Waals surface area contributed by atoms with Crippen LogP contribution in [0.25, 0.3) is 0 Å². The molecule has 144 valence electrons. The zero-order chi connectivity index (χ0) is 20.3. The maximum atomic E-state index is 12.7. The fourth-order valence-electron chi connectivity index (χ4n) is 1.73. The number of amides is 1. The molecule has 10 heteroatoms. The number of aliphatic hydroxyl groups is 1. The van der Waals surface area contributed by atoms with Crippen LogP contribution in [-0.2, 0) is 14.9 Å². The Morgan fingerprint density at radius 1 is 1.35 bits per heavy atom. The third kappa shape index (κ3) is 5.32. The topological polar surface area (TPSA) is 102 Å². The van der Waals surface area contributed by atoms with E-state index in [-0.39, 0.29) is 22.6 Å². The highest BCUT2D eigenvalue weighted by Crippen LogP contribution is 2.37. The fourth-order valence-corrected chi connectivity index (χ4v) is 2.74. The van der Waals surface area contributed by atoms with E-state index in [0.29, 0.717) is 6.21 Å². The van der Waals surface area contributed by atoms with Gasteiger partial charge in [-0.2, -0.15) is 13.2 Å². The summed E-state index contributed by atoms with van der Waals surface area (Å²) in [6.07, 6.45) is -4.65. The van der Waals surface area contributed by atoms with Crippen molar-refractivity contribution in [2.75, 3.05) is 6.61 Å². The summed E-state index contributed by atoms with van der Waals surface area (Å²) in [7, 11) is 0. The van der Waals surface area contributed by atoms with Crippen LogP contribution in [0.3, 0.4) is 0 Å². The maximum absolute atomic E-state index is 12.7. The number of carbonyl (C=O) groups is 2. The molecule has 3 N–H and O–H groups in total. The number of primary amides is 1. The first kappa shape index (κ1) is 21.7. The summed E-state index contributed by atoms with van der Waals surface area (Å²) in [6, 6.07) is 1.49. The molecule has 0 aliphatic rings. The van der Waals surface area contributed by atoms with Gasteiger partial charge in [0, 0.05) is 11.1 Å². The predicted octanol–water partition coefficient (Wildman–Crippen LogP) is 3.78. The third-order valence-electron chi connectivity index (χ3n) is 3.03. The summed E-state index contributed by atoms with van der Waals surface area (Å²) in [5.74, 6) is -4.33. The smallest absolute Gasteiger partial charge is 0.449 e. The summed E-state index contributed by atoms with van der Waals surface area (Å²) in [5, 5.41) is 9.31. The largest absolute Gasteiger partial charge is 0.504 e. The molecular formula is C16H19F3N2O4S. The number of nitrogens with two attached hydrogens (primary N) is 1. The number of hydrogen-bond donors (Lipinski definition) is 2. The molecule has 0 unspecified atom stereocenters. The second-order valence-electron chi connectivity index (χ2n) is 6.18. The van der Waals surface area contributed by atoms with Crippen molar-refractivity contribution in [3.63, 3.8) is 0 Å². The average Bonchev–Trinajstić information content (AvgIpc) is 2.91. The van der Waals surface area contributed by atoms with Crippen molar-refractivity contribution in [2.24, 2.45) is 10.7 Å². The Bertz CT molecular complexity index is 759. The molecule has 1 amide bonds. The normalized spacial score (nSPS) is 13.7. The highest BCUT2D eigenvalue weighted by molar-refractivity contribution is 7.14. The minimum Gasteiger partial charge on any atom is -0.504 e. The molecule has 0 bridgehead atoms. The number of aliphatic imine (C=N–C) groups is 1. The van der Waals surface area contributed by atoms with Crippen LogP contribution in [0, 0.1) is 0 Å². The Kier molecular flexibility index (Phi) is 6.59. The molecule has 0 aliphatic heterocycles. The Labute approximate surface area is 152 Å². The van der Waals surface area contributed by atoms with Crippen LogP contribution < -0.4 is 5.73 Å². The SMILES string of the molecule is CCOC(=O)/C(C=Nc1cc(C(C)(C)C)sc1C(N)=O)=C(\O)C(F)(F)F. The van der Waals surface area contributed by atoms with Crippen LogP contribution in [-0.4, -0.2) is 36.0 Å². The molecule has 1 heterocycles. The summed E-state index contributed by atoms with van der Waals surface area (Å²) in [6.45, 7) is 6.82. The first-order valence-corrected chi connectivity index (χ1v) is 8.26. The Hall–Kier alpha value is -2.36. The lowest BCUT2D eigenvalue weighted by Crippen LogP contribution is -2.20. The van der Waals surface area contributed by atoms with E-state index in [1.54, 1.807) is 0 Å². The number of thiophene rings is 1. The fraction of sp³-hybridized carbons (Fsp3) is 0.438. The van der Waals surface area contributed by atoms with Gasteiger partial charge in [-0.3, -0.25) is 9.79 Å². The van der Waals surface area contributed by atoms with Crippen LogP contribution >= 0.6 is 11.3 Å². The van der Waals surface area contributed by atoms with Crippen LogP contribution in [0.15, 0.2) is 22.4 Å². The molecule has 0 radical (unpaired) electrons. The third-order valence-corrected chi connectivity index (χ3v) is 4.59. The lowest BCUT2D eigenvalue weighted by molar-refractivity contribution is -0.141. The van der Waals surface area contributed by atoms with Gasteiger partial charge in [0.2, 0.25) is 5.76 Å².